The van der Waals surface area contributed by atoms with Gasteiger partial charge in [-0.3, -0.25) is 9.59 Å². The Hall–Kier alpha value is -2.96. The summed E-state index contributed by atoms with van der Waals surface area (Å²) in [5, 5.41) is 0. The van der Waals surface area contributed by atoms with Gasteiger partial charge in [0.15, 0.2) is 0 Å². The van der Waals surface area contributed by atoms with Gasteiger partial charge in [-0.25, -0.2) is 0 Å². The summed E-state index contributed by atoms with van der Waals surface area (Å²) >= 11 is 0. The van der Waals surface area contributed by atoms with Gasteiger partial charge in [0.2, 0.25) is 5.91 Å². The summed E-state index contributed by atoms with van der Waals surface area (Å²) < 4.78 is 28.8. The molecule has 0 bridgehead atoms. The summed E-state index contributed by atoms with van der Waals surface area (Å²) in [7, 11) is 0. The van der Waals surface area contributed by atoms with Gasteiger partial charge in [-0.2, -0.15) is 8.78 Å². The highest BCUT2D eigenvalue weighted by Gasteiger charge is 2.38. The van der Waals surface area contributed by atoms with E-state index in [0.717, 1.165) is 5.69 Å². The lowest BCUT2D eigenvalue weighted by Crippen LogP contribution is -2.45. The fourth-order valence-corrected chi connectivity index (χ4v) is 3.27. The molecule has 0 aromatic heterocycles. The van der Waals surface area contributed by atoms with Crippen molar-refractivity contribution in [2.75, 3.05) is 18.0 Å². The number of carbonyl (C=O) groups is 2. The molecule has 5 nitrogen and oxygen atoms in total. The highest BCUT2D eigenvalue weighted by Crippen LogP contribution is 2.25. The van der Waals surface area contributed by atoms with Crippen molar-refractivity contribution >= 4 is 17.5 Å². The number of likely N-dealkylation sites (N-methyl/N-ethyl adjacent to an activating group) is 1. The molecule has 1 aliphatic heterocycles. The van der Waals surface area contributed by atoms with Gasteiger partial charge in [0.25, 0.3) is 5.91 Å². The lowest BCUT2D eigenvalue weighted by atomic mass is 10.1. The van der Waals surface area contributed by atoms with Crippen LogP contribution in [0.5, 0.6) is 5.75 Å². The van der Waals surface area contributed by atoms with Crippen LogP contribution in [-0.2, 0) is 4.79 Å². The molecule has 1 aliphatic rings. The standard InChI is InChI=1S/C20H20F2N2O3/c1-2-23(18(25)14-8-10-16(11-9-14)27-20(21)22)17-12-13-24(19(17)26)15-6-4-3-5-7-15/h3-11,17,20H,2,12-13H2,1H3/t17-/m0/s1. The molecule has 142 valence electrons. The molecular formula is C20H20F2N2O3. The minimum Gasteiger partial charge on any atom is -0.435 e. The van der Waals surface area contributed by atoms with Crippen LogP contribution in [0, 0.1) is 0 Å². The van der Waals surface area contributed by atoms with Crippen LogP contribution in [0.1, 0.15) is 23.7 Å². The highest BCUT2D eigenvalue weighted by molar-refractivity contribution is 6.03. The number of hydrogen-bond acceptors (Lipinski definition) is 3. The van der Waals surface area contributed by atoms with Crippen molar-refractivity contribution in [3.8, 4) is 5.75 Å². The Labute approximate surface area is 156 Å². The third-order valence-electron chi connectivity index (χ3n) is 4.55. The first-order valence-electron chi connectivity index (χ1n) is 8.73. The number of anilines is 1. The Kier molecular flexibility index (Phi) is 5.69. The first-order valence-corrected chi connectivity index (χ1v) is 8.73. The van der Waals surface area contributed by atoms with Crippen molar-refractivity contribution in [2.24, 2.45) is 0 Å². The minimum atomic E-state index is -2.92. The molecule has 0 spiro atoms. The smallest absolute Gasteiger partial charge is 0.387 e. The minimum absolute atomic E-state index is 0.0169. The van der Waals surface area contributed by atoms with E-state index in [1.54, 1.807) is 4.90 Å². The maximum atomic E-state index is 12.9. The van der Waals surface area contributed by atoms with Gasteiger partial charge < -0.3 is 14.5 Å². The topological polar surface area (TPSA) is 49.9 Å². The normalized spacial score (nSPS) is 16.7. The second-order valence-corrected chi connectivity index (χ2v) is 6.12. The van der Waals surface area contributed by atoms with Crippen molar-refractivity contribution in [1.82, 2.24) is 4.90 Å². The third-order valence-corrected chi connectivity index (χ3v) is 4.55. The predicted molar refractivity (Wildman–Crippen MR) is 97.0 cm³/mol. The van der Waals surface area contributed by atoms with Crippen molar-refractivity contribution in [2.45, 2.75) is 26.0 Å². The van der Waals surface area contributed by atoms with E-state index in [9.17, 15) is 18.4 Å². The molecule has 0 aliphatic carbocycles. The summed E-state index contributed by atoms with van der Waals surface area (Å²) in [4.78, 5) is 28.9. The Balaban J connectivity index is 1.74. The quantitative estimate of drug-likeness (QED) is 0.777. The molecule has 1 saturated heterocycles. The molecule has 0 unspecified atom stereocenters. The predicted octanol–water partition coefficient (Wildman–Crippen LogP) is 3.56. The molecule has 2 aromatic carbocycles. The highest BCUT2D eigenvalue weighted by atomic mass is 19.3. The van der Waals surface area contributed by atoms with Gasteiger partial charge >= 0.3 is 6.61 Å². The number of ether oxygens (including phenoxy) is 1. The molecule has 0 saturated carbocycles. The number of benzene rings is 2. The van der Waals surface area contributed by atoms with E-state index in [-0.39, 0.29) is 17.6 Å². The first kappa shape index (κ1) is 18.8. The van der Waals surface area contributed by atoms with Crippen molar-refractivity contribution < 1.29 is 23.1 Å². The molecule has 0 N–H and O–H groups in total. The van der Waals surface area contributed by atoms with Gasteiger partial charge in [0.05, 0.1) is 0 Å². The summed E-state index contributed by atoms with van der Waals surface area (Å²) in [5.74, 6) is -0.444. The van der Waals surface area contributed by atoms with E-state index in [1.165, 1.54) is 29.2 Å². The van der Waals surface area contributed by atoms with Crippen molar-refractivity contribution in [3.05, 3.63) is 60.2 Å². The number of halogens is 2. The summed E-state index contributed by atoms with van der Waals surface area (Å²) in [5.41, 5.74) is 1.13. The molecule has 0 radical (unpaired) electrons. The van der Waals surface area contributed by atoms with Crippen LogP contribution in [-0.4, -0.2) is 42.5 Å². The number of alkyl halides is 2. The zero-order chi connectivity index (χ0) is 19.4. The first-order chi connectivity index (χ1) is 13.0. The van der Waals surface area contributed by atoms with Gasteiger partial charge in [0, 0.05) is 24.3 Å². The summed E-state index contributed by atoms with van der Waals surface area (Å²) in [6.07, 6.45) is 0.542. The maximum Gasteiger partial charge on any atom is 0.387 e. The van der Waals surface area contributed by atoms with Gasteiger partial charge in [-0.05, 0) is 49.7 Å². The number of nitrogens with zero attached hydrogens (tertiary/aromatic N) is 2. The van der Waals surface area contributed by atoms with E-state index in [2.05, 4.69) is 4.74 Å². The van der Waals surface area contributed by atoms with Crippen LogP contribution in [0.4, 0.5) is 14.5 Å². The zero-order valence-corrected chi connectivity index (χ0v) is 14.8. The Morgan fingerprint density at radius 2 is 1.85 bits per heavy atom. The Bertz CT molecular complexity index is 797. The van der Waals surface area contributed by atoms with E-state index in [4.69, 9.17) is 0 Å². The Morgan fingerprint density at radius 3 is 2.44 bits per heavy atom. The summed E-state index contributed by atoms with van der Waals surface area (Å²) in [6, 6.07) is 14.3. The van der Waals surface area contributed by atoms with Gasteiger partial charge in [-0.1, -0.05) is 18.2 Å². The second kappa shape index (κ2) is 8.16. The lowest BCUT2D eigenvalue weighted by Gasteiger charge is -2.27. The monoisotopic (exact) mass is 374 g/mol. The number of amides is 2. The van der Waals surface area contributed by atoms with Crippen molar-refractivity contribution in [1.29, 1.82) is 0 Å². The molecule has 1 atom stereocenters. The van der Waals surface area contributed by atoms with Crippen LogP contribution in [0.25, 0.3) is 0 Å². The number of rotatable bonds is 6. The van der Waals surface area contributed by atoms with E-state index in [1.807, 2.05) is 37.3 Å². The largest absolute Gasteiger partial charge is 0.435 e. The van der Waals surface area contributed by atoms with Crippen LogP contribution in [0.2, 0.25) is 0 Å². The zero-order valence-electron chi connectivity index (χ0n) is 14.8. The maximum absolute atomic E-state index is 12.9. The Morgan fingerprint density at radius 1 is 1.19 bits per heavy atom. The SMILES string of the molecule is CCN(C(=O)c1ccc(OC(F)F)cc1)[C@H]1CCN(c2ccccc2)C1=O. The molecule has 2 aromatic rings. The fraction of sp³-hybridized carbons (Fsp3) is 0.300. The van der Waals surface area contributed by atoms with Crippen LogP contribution in [0.3, 0.4) is 0 Å². The van der Waals surface area contributed by atoms with Crippen molar-refractivity contribution in [3.63, 3.8) is 0 Å². The second-order valence-electron chi connectivity index (χ2n) is 6.12. The number of para-hydroxylation sites is 1. The fourth-order valence-electron chi connectivity index (χ4n) is 3.27. The molecule has 27 heavy (non-hydrogen) atoms. The van der Waals surface area contributed by atoms with E-state index >= 15 is 0 Å². The molecule has 2 amide bonds. The molecule has 1 heterocycles. The molecular weight excluding hydrogens is 354 g/mol. The third kappa shape index (κ3) is 4.07. The lowest BCUT2D eigenvalue weighted by molar-refractivity contribution is -0.120. The average molecular weight is 374 g/mol. The molecule has 3 rings (SSSR count). The number of carbonyl (C=O) groups excluding carboxylic acids is 2. The van der Waals surface area contributed by atoms with E-state index in [0.29, 0.717) is 25.1 Å². The summed E-state index contributed by atoms with van der Waals surface area (Å²) in [6.45, 7) is -0.199. The van der Waals surface area contributed by atoms with Crippen LogP contribution in [0.15, 0.2) is 54.6 Å². The molecule has 7 heteroatoms. The average Bonchev–Trinajstić information content (AvgIpc) is 3.04. The molecule has 1 fully saturated rings. The van der Waals surface area contributed by atoms with E-state index < -0.39 is 12.7 Å². The number of hydrogen-bond donors (Lipinski definition) is 0. The van der Waals surface area contributed by atoms with Crippen LogP contribution < -0.4 is 9.64 Å². The van der Waals surface area contributed by atoms with Gasteiger partial charge in [-0.15, -0.1) is 0 Å². The van der Waals surface area contributed by atoms with Crippen LogP contribution >= 0.6 is 0 Å². The van der Waals surface area contributed by atoms with Gasteiger partial charge in [0.1, 0.15) is 11.8 Å².